The summed E-state index contributed by atoms with van der Waals surface area (Å²) in [4.78, 5) is 64.5. The highest BCUT2D eigenvalue weighted by molar-refractivity contribution is 9.09. The quantitative estimate of drug-likeness (QED) is 0.351. The molecule has 0 aromatic rings. The summed E-state index contributed by atoms with van der Waals surface area (Å²) in [5.41, 5.74) is -2.18. The summed E-state index contributed by atoms with van der Waals surface area (Å²) in [7, 11) is 0. The number of carbonyl (C=O) groups excluding carboxylic acids is 5. The number of ketones is 3. The van der Waals surface area contributed by atoms with Gasteiger partial charge in [-0.15, -0.1) is 0 Å². The van der Waals surface area contributed by atoms with Gasteiger partial charge in [0.15, 0.2) is 18.0 Å². The SMILES string of the molecule is CCC(=O)OCC(=O)[C@@]1(OC(=O)CC)[C@H](C)C[C@H]2[C@@H]3CC(Br)C4=CC(=O)C=C[C@]4(C)[C@H]3C(=O)C[C@@]21C. The predicted molar refractivity (Wildman–Crippen MR) is 135 cm³/mol. The number of alkyl halides is 1. The molecule has 0 spiro atoms. The average molecular weight is 563 g/mol. The van der Waals surface area contributed by atoms with Crippen LogP contribution in [-0.4, -0.2) is 46.3 Å². The Morgan fingerprint density at radius 1 is 1.08 bits per heavy atom. The summed E-state index contributed by atoms with van der Waals surface area (Å²) in [5.74, 6) is -2.39. The molecule has 3 saturated carbocycles. The van der Waals surface area contributed by atoms with Crippen LogP contribution in [0.15, 0.2) is 23.8 Å². The molecule has 1 unspecified atom stereocenters. The van der Waals surface area contributed by atoms with Gasteiger partial charge < -0.3 is 9.47 Å². The molecule has 3 fully saturated rings. The lowest BCUT2D eigenvalue weighted by Crippen LogP contribution is -2.64. The second kappa shape index (κ2) is 9.34. The maximum Gasteiger partial charge on any atom is 0.306 e. The standard InChI is InChI=1S/C28H35BrO7/c1-6-23(33)35-14-22(32)28(36-24(34)7-2)15(3)10-18-17-12-20(29)19-11-16(30)8-9-26(19,4)25(17)21(31)13-27(18,28)5/h8-9,11,15,17-18,20,25H,6-7,10,12-14H2,1-5H3/t15-,17+,18+,20?,25-,26+,27+,28+/m1/s1. The fourth-order valence-electron chi connectivity index (χ4n) is 7.84. The molecule has 0 aromatic heterocycles. The Labute approximate surface area is 220 Å². The summed E-state index contributed by atoms with van der Waals surface area (Å²) in [6.07, 6.45) is 6.60. The van der Waals surface area contributed by atoms with E-state index in [1.807, 2.05) is 26.8 Å². The van der Waals surface area contributed by atoms with Crippen LogP contribution in [0.5, 0.6) is 0 Å². The van der Waals surface area contributed by atoms with Gasteiger partial charge in [-0.2, -0.15) is 0 Å². The highest BCUT2D eigenvalue weighted by Gasteiger charge is 2.73. The Hall–Kier alpha value is -2.09. The molecule has 0 radical (unpaired) electrons. The Balaban J connectivity index is 1.79. The number of Topliss-reactive ketones (excluding diaryl/α,β-unsaturated/α-hetero) is 2. The summed E-state index contributed by atoms with van der Waals surface area (Å²) in [6, 6.07) is 0. The largest absolute Gasteiger partial charge is 0.457 e. The molecule has 0 heterocycles. The zero-order valence-corrected chi connectivity index (χ0v) is 23.2. The van der Waals surface area contributed by atoms with Crippen LogP contribution in [0.3, 0.4) is 0 Å². The second-order valence-electron chi connectivity index (χ2n) is 11.3. The Morgan fingerprint density at radius 2 is 1.75 bits per heavy atom. The normalized spacial score (nSPS) is 41.1. The molecular weight excluding hydrogens is 528 g/mol. The number of carbonyl (C=O) groups is 5. The predicted octanol–water partition coefficient (Wildman–Crippen LogP) is 4.31. The first-order chi connectivity index (χ1) is 16.9. The molecule has 196 valence electrons. The molecule has 36 heavy (non-hydrogen) atoms. The van der Waals surface area contributed by atoms with Crippen molar-refractivity contribution >= 4 is 45.2 Å². The molecule has 0 bridgehead atoms. The van der Waals surface area contributed by atoms with E-state index in [0.717, 1.165) is 5.57 Å². The molecule has 0 saturated heterocycles. The third-order valence-corrected chi connectivity index (χ3v) is 10.3. The van der Waals surface area contributed by atoms with Crippen LogP contribution >= 0.6 is 15.9 Å². The van der Waals surface area contributed by atoms with Crippen LogP contribution in [0.1, 0.15) is 66.7 Å². The molecule has 4 aliphatic rings. The van der Waals surface area contributed by atoms with Crippen LogP contribution < -0.4 is 0 Å². The van der Waals surface area contributed by atoms with Gasteiger partial charge in [0.2, 0.25) is 5.78 Å². The molecule has 4 rings (SSSR count). The minimum atomic E-state index is -1.56. The van der Waals surface area contributed by atoms with Crippen molar-refractivity contribution in [1.82, 2.24) is 0 Å². The molecule has 7 nitrogen and oxygen atoms in total. The lowest BCUT2D eigenvalue weighted by Gasteiger charge is -2.58. The molecule has 0 aliphatic heterocycles. The zero-order chi connectivity index (χ0) is 26.6. The molecule has 0 aromatic carbocycles. The van der Waals surface area contributed by atoms with E-state index in [1.165, 1.54) is 0 Å². The van der Waals surface area contributed by atoms with Gasteiger partial charge in [0.25, 0.3) is 0 Å². The van der Waals surface area contributed by atoms with Crippen molar-refractivity contribution in [3.8, 4) is 0 Å². The van der Waals surface area contributed by atoms with E-state index < -0.39 is 40.8 Å². The topological polar surface area (TPSA) is 104 Å². The summed E-state index contributed by atoms with van der Waals surface area (Å²) in [6.45, 7) is 8.63. The molecule has 0 N–H and O–H groups in total. The van der Waals surface area contributed by atoms with Crippen LogP contribution in [0, 0.1) is 34.5 Å². The van der Waals surface area contributed by atoms with Gasteiger partial charge in [-0.25, -0.2) is 0 Å². The summed E-state index contributed by atoms with van der Waals surface area (Å²) in [5, 5.41) is 0. The van der Waals surface area contributed by atoms with E-state index in [1.54, 1.807) is 26.0 Å². The lowest BCUT2D eigenvalue weighted by atomic mass is 9.46. The number of halogens is 1. The number of allylic oxidation sites excluding steroid dienone is 4. The van der Waals surface area contributed by atoms with E-state index >= 15 is 0 Å². The Bertz CT molecular complexity index is 1080. The van der Waals surface area contributed by atoms with Crippen molar-refractivity contribution in [1.29, 1.82) is 0 Å². The number of fused-ring (bicyclic) bond motifs is 5. The Morgan fingerprint density at radius 3 is 2.39 bits per heavy atom. The van der Waals surface area contributed by atoms with Crippen molar-refractivity contribution in [2.45, 2.75) is 77.2 Å². The molecule has 8 heteroatoms. The van der Waals surface area contributed by atoms with Crippen molar-refractivity contribution in [2.24, 2.45) is 34.5 Å². The van der Waals surface area contributed by atoms with E-state index in [2.05, 4.69) is 15.9 Å². The monoisotopic (exact) mass is 562 g/mol. The van der Waals surface area contributed by atoms with Crippen LogP contribution in [0.2, 0.25) is 0 Å². The molecule has 4 aliphatic carbocycles. The minimum absolute atomic E-state index is 0.00919. The van der Waals surface area contributed by atoms with Gasteiger partial charge in [-0.3, -0.25) is 24.0 Å². The first-order valence-corrected chi connectivity index (χ1v) is 13.8. The van der Waals surface area contributed by atoms with Gasteiger partial charge in [-0.05, 0) is 42.4 Å². The molecule has 8 atom stereocenters. The van der Waals surface area contributed by atoms with Gasteiger partial charge >= 0.3 is 11.9 Å². The van der Waals surface area contributed by atoms with E-state index in [9.17, 15) is 24.0 Å². The fraction of sp³-hybridized carbons (Fsp3) is 0.679. The maximum absolute atomic E-state index is 14.0. The van der Waals surface area contributed by atoms with Gasteiger partial charge in [0.05, 0.1) is 0 Å². The average Bonchev–Trinajstić information content (AvgIpc) is 3.05. The van der Waals surface area contributed by atoms with Gasteiger partial charge in [0.1, 0.15) is 5.78 Å². The van der Waals surface area contributed by atoms with Crippen LogP contribution in [0.4, 0.5) is 0 Å². The first kappa shape index (κ1) is 27.0. The lowest BCUT2D eigenvalue weighted by molar-refractivity contribution is -0.197. The Kier molecular flexibility index (Phi) is 6.99. The zero-order valence-electron chi connectivity index (χ0n) is 21.6. The third-order valence-electron chi connectivity index (χ3n) is 9.41. The van der Waals surface area contributed by atoms with Crippen molar-refractivity contribution < 1.29 is 33.4 Å². The number of rotatable bonds is 6. The molecular formula is C28H35BrO7. The first-order valence-electron chi connectivity index (χ1n) is 12.9. The van der Waals surface area contributed by atoms with E-state index in [4.69, 9.17) is 9.47 Å². The summed E-state index contributed by atoms with van der Waals surface area (Å²) >= 11 is 3.79. The van der Waals surface area contributed by atoms with Gasteiger partial charge in [0, 0.05) is 46.8 Å². The van der Waals surface area contributed by atoms with Crippen LogP contribution in [-0.2, 0) is 33.4 Å². The van der Waals surface area contributed by atoms with Crippen molar-refractivity contribution in [3.05, 3.63) is 23.8 Å². The number of esters is 2. The fourth-order valence-corrected chi connectivity index (χ4v) is 8.89. The summed E-state index contributed by atoms with van der Waals surface area (Å²) < 4.78 is 11.3. The smallest absolute Gasteiger partial charge is 0.306 e. The second-order valence-corrected chi connectivity index (χ2v) is 12.4. The van der Waals surface area contributed by atoms with E-state index in [-0.39, 0.29) is 59.3 Å². The highest BCUT2D eigenvalue weighted by Crippen LogP contribution is 2.68. The molecule has 0 amide bonds. The van der Waals surface area contributed by atoms with E-state index in [0.29, 0.717) is 12.8 Å². The number of ether oxygens (including phenoxy) is 2. The maximum atomic E-state index is 14.0. The van der Waals surface area contributed by atoms with Gasteiger partial charge in [-0.1, -0.05) is 56.6 Å². The third kappa shape index (κ3) is 3.77. The number of hydrogen-bond donors (Lipinski definition) is 0. The van der Waals surface area contributed by atoms with Crippen LogP contribution in [0.25, 0.3) is 0 Å². The number of hydrogen-bond acceptors (Lipinski definition) is 7. The van der Waals surface area contributed by atoms with Crippen molar-refractivity contribution in [2.75, 3.05) is 6.61 Å². The minimum Gasteiger partial charge on any atom is -0.457 e. The van der Waals surface area contributed by atoms with Crippen molar-refractivity contribution in [3.63, 3.8) is 0 Å². The highest BCUT2D eigenvalue weighted by atomic mass is 79.9.